The minimum Gasteiger partial charge on any atom is -0.356 e. The Morgan fingerprint density at radius 1 is 1.06 bits per heavy atom. The number of carbonyl (C=O) groups excluding carboxylic acids is 1. The van der Waals surface area contributed by atoms with E-state index in [0.29, 0.717) is 19.4 Å². The van der Waals surface area contributed by atoms with Crippen molar-refractivity contribution in [1.29, 1.82) is 0 Å². The van der Waals surface area contributed by atoms with E-state index in [-0.39, 0.29) is 35.8 Å². The van der Waals surface area contributed by atoms with Crippen LogP contribution in [0.5, 0.6) is 0 Å². The van der Waals surface area contributed by atoms with Crippen LogP contribution in [0.3, 0.4) is 0 Å². The minimum atomic E-state index is -4.92. The molecule has 33 heavy (non-hydrogen) atoms. The van der Waals surface area contributed by atoms with Gasteiger partial charge in [0, 0.05) is 38.2 Å². The van der Waals surface area contributed by atoms with E-state index in [1.54, 1.807) is 12.1 Å². The second kappa shape index (κ2) is 9.06. The lowest BCUT2D eigenvalue weighted by Gasteiger charge is -2.50. The van der Waals surface area contributed by atoms with E-state index in [2.05, 4.69) is 5.32 Å². The number of piperidine rings is 2. The van der Waals surface area contributed by atoms with Gasteiger partial charge >= 0.3 is 6.18 Å². The van der Waals surface area contributed by atoms with Crippen LogP contribution < -0.4 is 5.32 Å². The summed E-state index contributed by atoms with van der Waals surface area (Å²) >= 11 is 0. The lowest BCUT2D eigenvalue weighted by molar-refractivity contribution is -0.271. The first-order valence-corrected chi connectivity index (χ1v) is 11.2. The fourth-order valence-corrected chi connectivity index (χ4v) is 5.55. The molecule has 2 atom stereocenters. The van der Waals surface area contributed by atoms with Crippen LogP contribution in [0.4, 0.5) is 17.6 Å². The molecular weight excluding hydrogens is 436 g/mol. The number of amides is 1. The second-order valence-corrected chi connectivity index (χ2v) is 8.97. The van der Waals surface area contributed by atoms with E-state index in [1.165, 1.54) is 41.3 Å². The third-order valence-corrected chi connectivity index (χ3v) is 7.37. The molecule has 1 spiro atoms. The van der Waals surface area contributed by atoms with Gasteiger partial charge in [-0.05, 0) is 48.9 Å². The molecule has 0 radical (unpaired) electrons. The second-order valence-electron chi connectivity index (χ2n) is 8.97. The maximum absolute atomic E-state index is 14.3. The van der Waals surface area contributed by atoms with Crippen molar-refractivity contribution >= 4 is 5.91 Å². The number of hydrogen-bond donors (Lipinski definition) is 1. The largest absolute Gasteiger partial charge is 0.430 e. The predicted molar refractivity (Wildman–Crippen MR) is 116 cm³/mol. The molecule has 2 aromatic carbocycles. The van der Waals surface area contributed by atoms with Gasteiger partial charge in [-0.2, -0.15) is 13.2 Å². The molecule has 8 heteroatoms. The van der Waals surface area contributed by atoms with E-state index in [1.807, 2.05) is 6.07 Å². The van der Waals surface area contributed by atoms with Gasteiger partial charge in [0.05, 0.1) is 0 Å². The molecule has 1 amide bonds. The van der Waals surface area contributed by atoms with Crippen LogP contribution in [-0.4, -0.2) is 50.3 Å². The summed E-state index contributed by atoms with van der Waals surface area (Å²) in [6.45, 7) is 1.84. The van der Waals surface area contributed by atoms with Crippen molar-refractivity contribution in [3.63, 3.8) is 0 Å². The minimum absolute atomic E-state index is 0.0307. The summed E-state index contributed by atoms with van der Waals surface area (Å²) in [6.07, 6.45) is -3.00. The summed E-state index contributed by atoms with van der Waals surface area (Å²) in [5.74, 6) is -1.36. The summed E-state index contributed by atoms with van der Waals surface area (Å²) in [4.78, 5) is 14.7. The van der Waals surface area contributed by atoms with Crippen molar-refractivity contribution in [2.24, 2.45) is 5.41 Å². The molecule has 4 rings (SSSR count). The number of ether oxygens (including phenoxy) is 1. The van der Waals surface area contributed by atoms with Crippen molar-refractivity contribution in [3.8, 4) is 0 Å². The van der Waals surface area contributed by atoms with E-state index < -0.39 is 17.7 Å². The van der Waals surface area contributed by atoms with E-state index in [0.717, 1.165) is 25.6 Å². The van der Waals surface area contributed by atoms with Crippen molar-refractivity contribution in [1.82, 2.24) is 10.2 Å². The zero-order valence-corrected chi connectivity index (χ0v) is 18.5. The fourth-order valence-electron chi connectivity index (χ4n) is 5.55. The third-order valence-electron chi connectivity index (χ3n) is 7.37. The number of nitrogens with one attached hydrogen (secondary N) is 1. The fraction of sp³-hybridized carbons (Fsp3) is 0.480. The molecule has 1 unspecified atom stereocenters. The van der Waals surface area contributed by atoms with Crippen molar-refractivity contribution in [2.75, 3.05) is 33.3 Å². The topological polar surface area (TPSA) is 41.6 Å². The number of alkyl halides is 3. The Labute approximate surface area is 190 Å². The average molecular weight is 465 g/mol. The van der Waals surface area contributed by atoms with Crippen LogP contribution in [-0.2, 0) is 15.1 Å². The molecule has 2 saturated heterocycles. The van der Waals surface area contributed by atoms with Gasteiger partial charge in [0.25, 0.3) is 11.5 Å². The molecule has 4 nitrogen and oxygen atoms in total. The summed E-state index contributed by atoms with van der Waals surface area (Å²) in [5.41, 5.74) is -2.59. The Balaban J connectivity index is 1.60. The number of nitrogens with zero attached hydrogens (tertiary/aromatic N) is 1. The first-order valence-electron chi connectivity index (χ1n) is 11.2. The molecule has 2 aromatic rings. The number of hydrogen-bond acceptors (Lipinski definition) is 3. The summed E-state index contributed by atoms with van der Waals surface area (Å²) in [5, 5.41) is 3.36. The van der Waals surface area contributed by atoms with Crippen molar-refractivity contribution in [3.05, 3.63) is 71.5 Å². The van der Waals surface area contributed by atoms with Crippen LogP contribution in [0.1, 0.15) is 36.3 Å². The highest BCUT2D eigenvalue weighted by Crippen LogP contribution is 2.50. The van der Waals surface area contributed by atoms with E-state index in [9.17, 15) is 22.4 Å². The molecule has 2 fully saturated rings. The predicted octanol–water partition coefficient (Wildman–Crippen LogP) is 4.62. The molecule has 2 heterocycles. The van der Waals surface area contributed by atoms with Gasteiger partial charge in [-0.1, -0.05) is 42.5 Å². The molecule has 1 N–H and O–H groups in total. The average Bonchev–Trinajstić information content (AvgIpc) is 2.80. The first kappa shape index (κ1) is 23.7. The van der Waals surface area contributed by atoms with E-state index in [4.69, 9.17) is 4.74 Å². The molecule has 0 saturated carbocycles. The highest BCUT2D eigenvalue weighted by atomic mass is 19.4. The number of rotatable bonds is 4. The lowest BCUT2D eigenvalue weighted by atomic mass is 9.62. The molecule has 178 valence electrons. The van der Waals surface area contributed by atoms with E-state index >= 15 is 0 Å². The Morgan fingerprint density at radius 3 is 2.36 bits per heavy atom. The van der Waals surface area contributed by atoms with Gasteiger partial charge in [-0.25, -0.2) is 4.39 Å². The Bertz CT molecular complexity index is 974. The van der Waals surface area contributed by atoms with Crippen LogP contribution in [0.15, 0.2) is 54.6 Å². The zero-order valence-electron chi connectivity index (χ0n) is 18.5. The third kappa shape index (κ3) is 4.15. The van der Waals surface area contributed by atoms with Crippen LogP contribution >= 0.6 is 0 Å². The maximum atomic E-state index is 14.3. The number of benzene rings is 2. The van der Waals surface area contributed by atoms with Gasteiger partial charge in [0.1, 0.15) is 5.82 Å². The smallest absolute Gasteiger partial charge is 0.356 e. The van der Waals surface area contributed by atoms with Gasteiger partial charge in [0.15, 0.2) is 0 Å². The highest BCUT2D eigenvalue weighted by molar-refractivity contribution is 5.88. The normalized spacial score (nSPS) is 22.7. The highest BCUT2D eigenvalue weighted by Gasteiger charge is 2.64. The number of carbonyl (C=O) groups is 1. The quantitative estimate of drug-likeness (QED) is 0.672. The van der Waals surface area contributed by atoms with Gasteiger partial charge in [0.2, 0.25) is 0 Å². The number of halogens is 4. The molecule has 0 bridgehead atoms. The number of likely N-dealkylation sites (tertiary alicyclic amines) is 1. The monoisotopic (exact) mass is 464 g/mol. The lowest BCUT2D eigenvalue weighted by Crippen LogP contribution is -2.59. The van der Waals surface area contributed by atoms with Crippen LogP contribution in [0.25, 0.3) is 0 Å². The van der Waals surface area contributed by atoms with Crippen molar-refractivity contribution < 1.29 is 27.1 Å². The number of methoxy groups -OCH3 is 1. The van der Waals surface area contributed by atoms with Crippen LogP contribution in [0.2, 0.25) is 0 Å². The summed E-state index contributed by atoms with van der Waals surface area (Å²) < 4.78 is 61.8. The zero-order chi connectivity index (χ0) is 23.7. The molecule has 0 aliphatic carbocycles. The Kier molecular flexibility index (Phi) is 6.51. The van der Waals surface area contributed by atoms with Gasteiger partial charge < -0.3 is 15.0 Å². The van der Waals surface area contributed by atoms with Crippen molar-refractivity contribution in [2.45, 2.75) is 37.0 Å². The summed E-state index contributed by atoms with van der Waals surface area (Å²) in [6, 6.07) is 13.6. The molecular formula is C25H28F4N2O2. The first-order chi connectivity index (χ1) is 15.7. The molecule has 2 aliphatic rings. The van der Waals surface area contributed by atoms with Crippen LogP contribution in [0, 0.1) is 11.2 Å². The molecule has 2 aliphatic heterocycles. The molecule has 0 aromatic heterocycles. The standard InChI is InChI=1S/C25H28F4N2O2/c1-33-24(25(27,28)29,19-7-3-2-4-8-19)22(32)31-14-11-23(12-15-31)10-13-30-17-21(23)18-6-5-9-20(26)16-18/h2-9,16,21,30H,10-15,17H2,1H3/t21?,24-/m0/s1. The summed E-state index contributed by atoms with van der Waals surface area (Å²) in [7, 11) is 0.927. The Morgan fingerprint density at radius 2 is 1.76 bits per heavy atom. The SMILES string of the molecule is CO[C@](C(=O)N1CCC2(CCNCC2c2cccc(F)c2)CC1)(c1ccccc1)C(F)(F)F. The van der Waals surface area contributed by atoms with Gasteiger partial charge in [-0.3, -0.25) is 4.79 Å². The Hall–Kier alpha value is -2.45. The van der Waals surface area contributed by atoms with Gasteiger partial charge in [-0.15, -0.1) is 0 Å². The maximum Gasteiger partial charge on any atom is 0.430 e.